The zero-order chi connectivity index (χ0) is 16.9. The molecule has 2 amide bonds. The van der Waals surface area contributed by atoms with Crippen LogP contribution >= 0.6 is 0 Å². The average Bonchev–Trinajstić information content (AvgIpc) is 3.02. The smallest absolute Gasteiger partial charge is 0.231 e. The number of aryl methyl sites for hydroxylation is 1. The van der Waals surface area contributed by atoms with Gasteiger partial charge in [0.2, 0.25) is 11.8 Å². The van der Waals surface area contributed by atoms with Gasteiger partial charge in [0.25, 0.3) is 0 Å². The fraction of sp³-hybridized carbons (Fsp3) is 0.600. The van der Waals surface area contributed by atoms with Gasteiger partial charge < -0.3 is 9.80 Å². The van der Waals surface area contributed by atoms with Gasteiger partial charge in [0.05, 0.1) is 5.41 Å². The lowest BCUT2D eigenvalue weighted by Crippen LogP contribution is -2.38. The van der Waals surface area contributed by atoms with Crippen LogP contribution in [0.1, 0.15) is 37.3 Å². The van der Waals surface area contributed by atoms with E-state index in [0.29, 0.717) is 19.0 Å². The number of amides is 2. The summed E-state index contributed by atoms with van der Waals surface area (Å²) in [6, 6.07) is 8.37. The summed E-state index contributed by atoms with van der Waals surface area (Å²) in [4.78, 5) is 29.4. The van der Waals surface area contributed by atoms with Gasteiger partial charge in [0, 0.05) is 32.1 Å². The third-order valence-corrected chi connectivity index (χ3v) is 6.15. The van der Waals surface area contributed by atoms with E-state index in [2.05, 4.69) is 32.0 Å². The van der Waals surface area contributed by atoms with Gasteiger partial charge in [-0.05, 0) is 37.7 Å². The fourth-order valence-electron chi connectivity index (χ4n) is 4.41. The van der Waals surface area contributed by atoms with E-state index in [1.54, 1.807) is 0 Å². The Bertz CT molecular complexity index is 686. The van der Waals surface area contributed by atoms with Crippen LogP contribution in [0.15, 0.2) is 24.3 Å². The number of carbonyl (C=O) groups is 2. The molecule has 2 saturated heterocycles. The fourth-order valence-corrected chi connectivity index (χ4v) is 4.41. The number of carbonyl (C=O) groups excluding carboxylic acids is 2. The van der Waals surface area contributed by atoms with Gasteiger partial charge in [-0.25, -0.2) is 0 Å². The second-order valence-corrected chi connectivity index (χ2v) is 8.08. The third-order valence-electron chi connectivity index (χ3n) is 6.15. The molecule has 2 aliphatic heterocycles. The van der Waals surface area contributed by atoms with Crippen LogP contribution in [-0.2, 0) is 16.1 Å². The second-order valence-electron chi connectivity index (χ2n) is 8.08. The summed E-state index contributed by atoms with van der Waals surface area (Å²) in [6.45, 7) is 7.11. The molecule has 3 atom stereocenters. The van der Waals surface area contributed by atoms with Crippen LogP contribution in [0.3, 0.4) is 0 Å². The number of likely N-dealkylation sites (tertiary alicyclic amines) is 2. The van der Waals surface area contributed by atoms with E-state index in [1.807, 2.05) is 15.9 Å². The van der Waals surface area contributed by atoms with Gasteiger partial charge in [-0.2, -0.15) is 0 Å². The van der Waals surface area contributed by atoms with Crippen LogP contribution < -0.4 is 0 Å². The molecule has 1 spiro atoms. The molecule has 1 saturated carbocycles. The Morgan fingerprint density at radius 3 is 2.75 bits per heavy atom. The quantitative estimate of drug-likeness (QED) is 0.857. The van der Waals surface area contributed by atoms with Crippen molar-refractivity contribution in [1.82, 2.24) is 9.80 Å². The topological polar surface area (TPSA) is 40.6 Å². The minimum Gasteiger partial charge on any atom is -0.341 e. The van der Waals surface area contributed by atoms with Crippen molar-refractivity contribution < 1.29 is 9.59 Å². The van der Waals surface area contributed by atoms with Crippen LogP contribution in [0, 0.1) is 24.2 Å². The first kappa shape index (κ1) is 15.7. The molecule has 24 heavy (non-hydrogen) atoms. The van der Waals surface area contributed by atoms with E-state index < -0.39 is 0 Å². The largest absolute Gasteiger partial charge is 0.341 e. The molecule has 1 aliphatic carbocycles. The number of nitrogens with zero attached hydrogens (tertiary/aromatic N) is 2. The molecule has 4 nitrogen and oxygen atoms in total. The minimum absolute atomic E-state index is 0.222. The summed E-state index contributed by atoms with van der Waals surface area (Å²) in [5, 5.41) is 0. The molecule has 0 radical (unpaired) electrons. The lowest BCUT2D eigenvalue weighted by atomic mass is 9.85. The lowest BCUT2D eigenvalue weighted by molar-refractivity contribution is -0.137. The molecule has 1 aromatic carbocycles. The van der Waals surface area contributed by atoms with E-state index in [9.17, 15) is 9.59 Å². The summed E-state index contributed by atoms with van der Waals surface area (Å²) in [5.74, 6) is 1.29. The predicted molar refractivity (Wildman–Crippen MR) is 92.1 cm³/mol. The van der Waals surface area contributed by atoms with Crippen LogP contribution in [-0.4, -0.2) is 41.2 Å². The zero-order valence-electron chi connectivity index (χ0n) is 14.6. The van der Waals surface area contributed by atoms with Crippen molar-refractivity contribution in [1.29, 1.82) is 0 Å². The summed E-state index contributed by atoms with van der Waals surface area (Å²) in [5.41, 5.74) is 2.11. The molecule has 3 aliphatic rings. The molecule has 0 unspecified atom stereocenters. The van der Waals surface area contributed by atoms with Crippen molar-refractivity contribution in [2.24, 2.45) is 17.3 Å². The molecule has 4 heteroatoms. The van der Waals surface area contributed by atoms with Gasteiger partial charge >= 0.3 is 0 Å². The standard InChI is InChI=1S/C20H26N2O2/c1-14-4-3-5-16(10-14)12-21-8-6-20(19(21)24)7-9-22(13-20)18(23)17-11-15(17)2/h3-5,10,15,17H,6-9,11-13H2,1-2H3/t15-,17-,20-/m1/s1. The Morgan fingerprint density at radius 1 is 1.29 bits per heavy atom. The van der Waals surface area contributed by atoms with Gasteiger partial charge in [0.1, 0.15) is 0 Å². The van der Waals surface area contributed by atoms with Crippen molar-refractivity contribution in [3.8, 4) is 0 Å². The van der Waals surface area contributed by atoms with Crippen molar-refractivity contribution >= 4 is 11.8 Å². The highest BCUT2D eigenvalue weighted by atomic mass is 16.2. The first-order valence-corrected chi connectivity index (χ1v) is 9.12. The van der Waals surface area contributed by atoms with Gasteiger partial charge in [-0.3, -0.25) is 9.59 Å². The highest BCUT2D eigenvalue weighted by Crippen LogP contribution is 2.45. The third kappa shape index (κ3) is 2.62. The summed E-state index contributed by atoms with van der Waals surface area (Å²) in [7, 11) is 0. The normalized spacial score (nSPS) is 32.0. The Balaban J connectivity index is 1.42. The average molecular weight is 326 g/mol. The molecular formula is C20H26N2O2. The molecule has 2 heterocycles. The number of benzene rings is 1. The first-order valence-electron chi connectivity index (χ1n) is 9.12. The van der Waals surface area contributed by atoms with E-state index in [-0.39, 0.29) is 23.1 Å². The SMILES string of the molecule is Cc1cccc(CN2CC[C@]3(CCN(C(=O)[C@@H]4C[C@H]4C)C3)C2=O)c1. The Hall–Kier alpha value is -1.84. The zero-order valence-corrected chi connectivity index (χ0v) is 14.6. The summed E-state index contributed by atoms with van der Waals surface area (Å²) in [6.07, 6.45) is 2.75. The van der Waals surface area contributed by atoms with Crippen molar-refractivity contribution in [3.05, 3.63) is 35.4 Å². The highest BCUT2D eigenvalue weighted by Gasteiger charge is 2.53. The Morgan fingerprint density at radius 2 is 2.04 bits per heavy atom. The van der Waals surface area contributed by atoms with Gasteiger partial charge in [-0.1, -0.05) is 36.8 Å². The molecule has 1 aromatic rings. The van der Waals surface area contributed by atoms with Crippen LogP contribution in [0.5, 0.6) is 0 Å². The van der Waals surface area contributed by atoms with Crippen LogP contribution in [0.4, 0.5) is 0 Å². The lowest BCUT2D eigenvalue weighted by Gasteiger charge is -2.24. The van der Waals surface area contributed by atoms with Crippen molar-refractivity contribution in [2.75, 3.05) is 19.6 Å². The second kappa shape index (κ2) is 5.61. The van der Waals surface area contributed by atoms with E-state index in [4.69, 9.17) is 0 Å². The molecule has 128 valence electrons. The van der Waals surface area contributed by atoms with Crippen LogP contribution in [0.2, 0.25) is 0 Å². The van der Waals surface area contributed by atoms with E-state index in [1.165, 1.54) is 11.1 Å². The predicted octanol–water partition coefficient (Wildman–Crippen LogP) is 2.60. The maximum absolute atomic E-state index is 13.0. The number of hydrogen-bond acceptors (Lipinski definition) is 2. The number of hydrogen-bond donors (Lipinski definition) is 0. The first-order chi connectivity index (χ1) is 11.5. The Labute approximate surface area is 143 Å². The maximum Gasteiger partial charge on any atom is 0.231 e. The van der Waals surface area contributed by atoms with Gasteiger partial charge in [0.15, 0.2) is 0 Å². The van der Waals surface area contributed by atoms with Crippen molar-refractivity contribution in [2.45, 2.75) is 39.7 Å². The molecule has 0 N–H and O–H groups in total. The summed E-state index contributed by atoms with van der Waals surface area (Å²) < 4.78 is 0. The molecular weight excluding hydrogens is 300 g/mol. The molecule has 0 bridgehead atoms. The summed E-state index contributed by atoms with van der Waals surface area (Å²) >= 11 is 0. The number of rotatable bonds is 3. The van der Waals surface area contributed by atoms with E-state index >= 15 is 0 Å². The van der Waals surface area contributed by atoms with Crippen molar-refractivity contribution in [3.63, 3.8) is 0 Å². The molecule has 3 fully saturated rings. The monoisotopic (exact) mass is 326 g/mol. The van der Waals surface area contributed by atoms with Gasteiger partial charge in [-0.15, -0.1) is 0 Å². The minimum atomic E-state index is -0.308. The van der Waals surface area contributed by atoms with Crippen LogP contribution in [0.25, 0.3) is 0 Å². The molecule has 0 aromatic heterocycles. The highest BCUT2D eigenvalue weighted by molar-refractivity contribution is 5.88. The Kier molecular flexibility index (Phi) is 3.66. The maximum atomic E-state index is 13.0. The molecule has 4 rings (SSSR count). The van der Waals surface area contributed by atoms with E-state index in [0.717, 1.165) is 32.4 Å².